The van der Waals surface area contributed by atoms with Crippen LogP contribution in [0, 0.1) is 0 Å². The lowest BCUT2D eigenvalue weighted by Crippen LogP contribution is -1.94. The summed E-state index contributed by atoms with van der Waals surface area (Å²) in [7, 11) is 1.65. The molecule has 21 heavy (non-hydrogen) atoms. The van der Waals surface area contributed by atoms with Gasteiger partial charge in [0.1, 0.15) is 15.7 Å². The number of hydrogen-bond acceptors (Lipinski definition) is 4. The van der Waals surface area contributed by atoms with Crippen LogP contribution < -0.4 is 4.74 Å². The Balaban J connectivity index is 1.95. The molecule has 0 saturated carbocycles. The lowest BCUT2D eigenvalue weighted by molar-refractivity contribution is 0.416. The third kappa shape index (κ3) is 2.01. The highest BCUT2D eigenvalue weighted by molar-refractivity contribution is 7.19. The molecule has 1 aromatic carbocycles. The Morgan fingerprint density at radius 1 is 1.19 bits per heavy atom. The highest BCUT2D eigenvalue weighted by Gasteiger charge is 2.22. The van der Waals surface area contributed by atoms with Crippen molar-refractivity contribution >= 4 is 33.2 Å². The zero-order valence-electron chi connectivity index (χ0n) is 11.5. The predicted octanol–water partition coefficient (Wildman–Crippen LogP) is 4.51. The number of aromatic nitrogens is 2. The van der Waals surface area contributed by atoms with Crippen molar-refractivity contribution in [2.24, 2.45) is 0 Å². The quantitative estimate of drug-likeness (QED) is 0.652. The number of rotatable bonds is 2. The first kappa shape index (κ1) is 13.0. The lowest BCUT2D eigenvalue weighted by Gasteiger charge is -2.07. The summed E-state index contributed by atoms with van der Waals surface area (Å²) in [5.41, 5.74) is 2.23. The van der Waals surface area contributed by atoms with Gasteiger partial charge in [-0.1, -0.05) is 23.7 Å². The fourth-order valence-electron chi connectivity index (χ4n) is 2.90. The van der Waals surface area contributed by atoms with E-state index in [1.165, 1.54) is 16.9 Å². The molecule has 1 aliphatic rings. The van der Waals surface area contributed by atoms with Crippen molar-refractivity contribution in [1.29, 1.82) is 0 Å². The van der Waals surface area contributed by atoms with Crippen LogP contribution in [0.3, 0.4) is 0 Å². The van der Waals surface area contributed by atoms with Crippen LogP contribution in [0.15, 0.2) is 24.3 Å². The number of nitrogens with zero attached hydrogens (tertiary/aromatic N) is 2. The summed E-state index contributed by atoms with van der Waals surface area (Å²) < 4.78 is 5.39. The van der Waals surface area contributed by atoms with Gasteiger partial charge in [0, 0.05) is 4.88 Å². The molecule has 3 nitrogen and oxygen atoms in total. The summed E-state index contributed by atoms with van der Waals surface area (Å²) in [5.74, 6) is 1.39. The number of ether oxygens (including phenoxy) is 1. The number of thiophene rings is 1. The second-order valence-electron chi connectivity index (χ2n) is 5.08. The van der Waals surface area contributed by atoms with Gasteiger partial charge in [-0.3, -0.25) is 0 Å². The van der Waals surface area contributed by atoms with Gasteiger partial charge >= 0.3 is 0 Å². The Hall–Kier alpha value is -1.65. The number of fused-ring (bicyclic) bond motifs is 3. The van der Waals surface area contributed by atoms with E-state index in [0.29, 0.717) is 11.0 Å². The van der Waals surface area contributed by atoms with Crippen LogP contribution in [0.25, 0.3) is 21.6 Å². The SMILES string of the molecule is COc1ccccc1-c1nc(Cl)c2c3c(sc2n1)CCC3. The monoisotopic (exact) mass is 316 g/mol. The standard InChI is InChI=1S/C16H13ClN2OS/c1-20-11-7-3-2-5-9(11)15-18-14(17)13-10-6-4-8-12(10)21-16(13)19-15/h2-3,5,7H,4,6,8H2,1H3. The van der Waals surface area contributed by atoms with Crippen molar-refractivity contribution in [2.45, 2.75) is 19.3 Å². The number of halogens is 1. The van der Waals surface area contributed by atoms with Gasteiger partial charge in [0.15, 0.2) is 5.82 Å². The smallest absolute Gasteiger partial charge is 0.166 e. The summed E-state index contributed by atoms with van der Waals surface area (Å²) in [5, 5.41) is 1.60. The highest BCUT2D eigenvalue weighted by Crippen LogP contribution is 2.40. The van der Waals surface area contributed by atoms with Crippen molar-refractivity contribution < 1.29 is 4.74 Å². The average molecular weight is 317 g/mol. The van der Waals surface area contributed by atoms with Crippen molar-refractivity contribution in [3.63, 3.8) is 0 Å². The van der Waals surface area contributed by atoms with Gasteiger partial charge < -0.3 is 4.74 Å². The van der Waals surface area contributed by atoms with Gasteiger partial charge in [0.05, 0.1) is 18.1 Å². The van der Waals surface area contributed by atoms with Gasteiger partial charge in [-0.15, -0.1) is 11.3 Å². The van der Waals surface area contributed by atoms with Crippen molar-refractivity contribution in [3.8, 4) is 17.1 Å². The molecule has 0 spiro atoms. The maximum Gasteiger partial charge on any atom is 0.166 e. The summed E-state index contributed by atoms with van der Waals surface area (Å²) in [6, 6.07) is 7.75. The molecule has 0 bridgehead atoms. The molecular formula is C16H13ClN2OS. The second-order valence-corrected chi connectivity index (χ2v) is 6.52. The van der Waals surface area contributed by atoms with Gasteiger partial charge in [-0.2, -0.15) is 0 Å². The Morgan fingerprint density at radius 2 is 2.05 bits per heavy atom. The molecule has 0 amide bonds. The third-order valence-corrected chi connectivity index (χ3v) is 5.33. The molecule has 0 fully saturated rings. The average Bonchev–Trinajstić information content (AvgIpc) is 3.07. The van der Waals surface area contributed by atoms with E-state index in [2.05, 4.69) is 4.98 Å². The Kier molecular flexibility index (Phi) is 3.08. The van der Waals surface area contributed by atoms with Crippen LogP contribution >= 0.6 is 22.9 Å². The summed E-state index contributed by atoms with van der Waals surface area (Å²) in [6.07, 6.45) is 3.44. The largest absolute Gasteiger partial charge is 0.496 e. The van der Waals surface area contributed by atoms with Crippen LogP contribution in [0.2, 0.25) is 5.15 Å². The van der Waals surface area contributed by atoms with Crippen LogP contribution in [0.5, 0.6) is 5.75 Å². The normalized spacial score (nSPS) is 13.6. The highest BCUT2D eigenvalue weighted by atomic mass is 35.5. The minimum absolute atomic E-state index is 0.556. The molecule has 2 heterocycles. The summed E-state index contributed by atoms with van der Waals surface area (Å²) in [6.45, 7) is 0. The van der Waals surface area contributed by atoms with Crippen LogP contribution in [0.4, 0.5) is 0 Å². The first-order chi connectivity index (χ1) is 10.3. The zero-order chi connectivity index (χ0) is 14.4. The molecule has 0 atom stereocenters. The molecule has 0 unspecified atom stereocenters. The molecule has 0 radical (unpaired) electrons. The number of benzene rings is 1. The molecule has 3 aromatic rings. The molecule has 0 saturated heterocycles. The molecular weight excluding hydrogens is 304 g/mol. The molecule has 0 aliphatic heterocycles. The van der Waals surface area contributed by atoms with E-state index in [0.717, 1.165) is 34.4 Å². The zero-order valence-corrected chi connectivity index (χ0v) is 13.1. The minimum Gasteiger partial charge on any atom is -0.496 e. The lowest BCUT2D eigenvalue weighted by atomic mass is 10.1. The van der Waals surface area contributed by atoms with E-state index in [1.807, 2.05) is 24.3 Å². The third-order valence-electron chi connectivity index (χ3n) is 3.87. The second kappa shape index (κ2) is 4.97. The number of methoxy groups -OCH3 is 1. The first-order valence-electron chi connectivity index (χ1n) is 6.89. The molecule has 4 rings (SSSR count). The fraction of sp³-hybridized carbons (Fsp3) is 0.250. The first-order valence-corrected chi connectivity index (χ1v) is 8.08. The minimum atomic E-state index is 0.556. The number of para-hydroxylation sites is 1. The van der Waals surface area contributed by atoms with E-state index in [1.54, 1.807) is 18.4 Å². The maximum absolute atomic E-state index is 6.45. The fourth-order valence-corrected chi connectivity index (χ4v) is 4.50. The van der Waals surface area contributed by atoms with E-state index in [9.17, 15) is 0 Å². The molecule has 0 N–H and O–H groups in total. The van der Waals surface area contributed by atoms with Crippen LogP contribution in [-0.2, 0) is 12.8 Å². The van der Waals surface area contributed by atoms with Crippen molar-refractivity contribution in [1.82, 2.24) is 9.97 Å². The summed E-state index contributed by atoms with van der Waals surface area (Å²) in [4.78, 5) is 11.6. The maximum atomic E-state index is 6.45. The topological polar surface area (TPSA) is 35.0 Å². The van der Waals surface area contributed by atoms with Crippen LogP contribution in [0.1, 0.15) is 16.9 Å². The van der Waals surface area contributed by atoms with Crippen molar-refractivity contribution in [3.05, 3.63) is 39.9 Å². The number of hydrogen-bond donors (Lipinski definition) is 0. The van der Waals surface area contributed by atoms with Gasteiger partial charge in [0.25, 0.3) is 0 Å². The Labute approximate surface area is 131 Å². The van der Waals surface area contributed by atoms with E-state index in [-0.39, 0.29) is 0 Å². The number of aryl methyl sites for hydroxylation is 2. The van der Waals surface area contributed by atoms with E-state index >= 15 is 0 Å². The molecule has 106 valence electrons. The Bertz CT molecular complexity index is 844. The summed E-state index contributed by atoms with van der Waals surface area (Å²) >= 11 is 8.19. The molecule has 5 heteroatoms. The Morgan fingerprint density at radius 3 is 2.90 bits per heavy atom. The molecule has 1 aliphatic carbocycles. The van der Waals surface area contributed by atoms with E-state index < -0.39 is 0 Å². The van der Waals surface area contributed by atoms with Crippen molar-refractivity contribution in [2.75, 3.05) is 7.11 Å². The molecule has 2 aromatic heterocycles. The van der Waals surface area contributed by atoms with Gasteiger partial charge in [0.2, 0.25) is 0 Å². The van der Waals surface area contributed by atoms with Gasteiger partial charge in [-0.25, -0.2) is 9.97 Å². The van der Waals surface area contributed by atoms with Crippen LogP contribution in [-0.4, -0.2) is 17.1 Å². The van der Waals surface area contributed by atoms with Gasteiger partial charge in [-0.05, 0) is 37.0 Å². The van der Waals surface area contributed by atoms with E-state index in [4.69, 9.17) is 21.3 Å². The predicted molar refractivity (Wildman–Crippen MR) is 86.4 cm³/mol.